The summed E-state index contributed by atoms with van der Waals surface area (Å²) in [6.07, 6.45) is 2.23. The minimum atomic E-state index is 0. The molecule has 23 heavy (non-hydrogen) atoms. The third-order valence-electron chi connectivity index (χ3n) is 4.39. The maximum absolute atomic E-state index is 5.51. The van der Waals surface area contributed by atoms with Gasteiger partial charge in [0.25, 0.3) is 0 Å². The lowest BCUT2D eigenvalue weighted by molar-refractivity contribution is -0.0120. The summed E-state index contributed by atoms with van der Waals surface area (Å²) >= 11 is 2.06. The monoisotopic (exact) mass is 458 g/mol. The molecule has 0 aromatic heterocycles. The lowest BCUT2D eigenvalue weighted by atomic mass is 9.95. The molecular weight excluding hydrogens is 427 g/mol. The van der Waals surface area contributed by atoms with Gasteiger partial charge in [0.05, 0.1) is 13.2 Å². The van der Waals surface area contributed by atoms with Gasteiger partial charge in [0, 0.05) is 58.2 Å². The molecule has 2 N–H and O–H groups in total. The Kier molecular flexibility index (Phi) is 10.8. The number of halogens is 1. The van der Waals surface area contributed by atoms with Crippen molar-refractivity contribution in [3.8, 4) is 0 Å². The Morgan fingerprint density at radius 3 is 2.74 bits per heavy atom. The zero-order chi connectivity index (χ0) is 15.7. The van der Waals surface area contributed by atoms with Crippen LogP contribution in [-0.4, -0.2) is 88.1 Å². The number of guanidine groups is 1. The van der Waals surface area contributed by atoms with Gasteiger partial charge in [-0.25, -0.2) is 0 Å². The van der Waals surface area contributed by atoms with Crippen LogP contribution >= 0.6 is 35.7 Å². The van der Waals surface area contributed by atoms with Gasteiger partial charge in [-0.3, -0.25) is 9.89 Å². The second-order valence-corrected chi connectivity index (χ2v) is 6.93. The molecular formula is C15H31IN4O2S. The molecule has 2 rings (SSSR count). The summed E-state index contributed by atoms with van der Waals surface area (Å²) in [6, 6.07) is 0. The van der Waals surface area contributed by atoms with Crippen molar-refractivity contribution in [2.45, 2.75) is 18.4 Å². The highest BCUT2D eigenvalue weighted by Crippen LogP contribution is 2.33. The minimum absolute atomic E-state index is 0. The average Bonchev–Trinajstić information content (AvgIpc) is 3.05. The number of thioether (sulfide) groups is 1. The summed E-state index contributed by atoms with van der Waals surface area (Å²) in [4.78, 5) is 6.94. The molecule has 2 aliphatic rings. The summed E-state index contributed by atoms with van der Waals surface area (Å²) in [7, 11) is 3.56. The van der Waals surface area contributed by atoms with E-state index < -0.39 is 0 Å². The van der Waals surface area contributed by atoms with Gasteiger partial charge in [-0.1, -0.05) is 0 Å². The van der Waals surface area contributed by atoms with Gasteiger partial charge in [0.1, 0.15) is 0 Å². The molecule has 136 valence electrons. The maximum Gasteiger partial charge on any atom is 0.191 e. The summed E-state index contributed by atoms with van der Waals surface area (Å²) < 4.78 is 10.6. The predicted octanol–water partition coefficient (Wildman–Crippen LogP) is 1.01. The molecule has 8 heteroatoms. The molecule has 1 unspecified atom stereocenters. The van der Waals surface area contributed by atoms with Crippen LogP contribution in [0.1, 0.15) is 12.8 Å². The van der Waals surface area contributed by atoms with Crippen LogP contribution in [0.15, 0.2) is 4.99 Å². The molecule has 0 aromatic rings. The van der Waals surface area contributed by atoms with E-state index in [0.29, 0.717) is 0 Å². The Morgan fingerprint density at radius 2 is 2.13 bits per heavy atom. The maximum atomic E-state index is 5.51. The van der Waals surface area contributed by atoms with Crippen LogP contribution in [0.2, 0.25) is 0 Å². The Balaban J connectivity index is 0.00000264. The summed E-state index contributed by atoms with van der Waals surface area (Å²) in [6.45, 7) is 6.41. The van der Waals surface area contributed by atoms with Gasteiger partial charge in [-0.05, 0) is 18.6 Å². The first-order valence-electron chi connectivity index (χ1n) is 8.15. The normalized spacial score (nSPS) is 25.9. The van der Waals surface area contributed by atoms with Crippen LogP contribution in [0.4, 0.5) is 0 Å². The van der Waals surface area contributed by atoms with E-state index in [2.05, 4.69) is 32.3 Å². The van der Waals surface area contributed by atoms with E-state index >= 15 is 0 Å². The standard InChI is InChI=1S/C15H30N4O2S.HI/c1-16-14(17-5-3-8-20-2)18-12-15(4-11-22-13-15)19-6-9-21-10-7-19;/h3-13H2,1-2H3,(H2,16,17,18);1H. The fourth-order valence-corrected chi connectivity index (χ4v) is 4.50. The topological polar surface area (TPSA) is 58.1 Å². The van der Waals surface area contributed by atoms with Crippen molar-refractivity contribution < 1.29 is 9.47 Å². The minimum Gasteiger partial charge on any atom is -0.385 e. The number of nitrogens with zero attached hydrogens (tertiary/aromatic N) is 2. The second kappa shape index (κ2) is 11.7. The molecule has 1 atom stereocenters. The van der Waals surface area contributed by atoms with Crippen molar-refractivity contribution in [2.75, 3.05) is 71.7 Å². The number of morpholine rings is 1. The van der Waals surface area contributed by atoms with Crippen LogP contribution in [0, 0.1) is 0 Å². The van der Waals surface area contributed by atoms with Gasteiger partial charge in [0.2, 0.25) is 0 Å². The largest absolute Gasteiger partial charge is 0.385 e. The molecule has 0 aromatic carbocycles. The number of nitrogens with one attached hydrogen (secondary N) is 2. The van der Waals surface area contributed by atoms with Gasteiger partial charge in [0.15, 0.2) is 5.96 Å². The molecule has 2 fully saturated rings. The average molecular weight is 458 g/mol. The molecule has 0 spiro atoms. The smallest absolute Gasteiger partial charge is 0.191 e. The molecule has 6 nitrogen and oxygen atoms in total. The number of aliphatic imine (C=N–C) groups is 1. The van der Waals surface area contributed by atoms with Crippen molar-refractivity contribution in [3.63, 3.8) is 0 Å². The first-order chi connectivity index (χ1) is 10.8. The Labute approximate surface area is 161 Å². The Morgan fingerprint density at radius 1 is 1.35 bits per heavy atom. The van der Waals surface area contributed by atoms with E-state index in [4.69, 9.17) is 9.47 Å². The van der Waals surface area contributed by atoms with Crippen molar-refractivity contribution in [2.24, 2.45) is 4.99 Å². The summed E-state index contributed by atoms with van der Waals surface area (Å²) in [5.41, 5.74) is 0.249. The predicted molar refractivity (Wildman–Crippen MR) is 108 cm³/mol. The first-order valence-corrected chi connectivity index (χ1v) is 9.30. The highest BCUT2D eigenvalue weighted by atomic mass is 127. The first kappa shape index (κ1) is 21.3. The molecule has 2 saturated heterocycles. The van der Waals surface area contributed by atoms with E-state index in [1.54, 1.807) is 7.11 Å². The molecule has 0 amide bonds. The highest BCUT2D eigenvalue weighted by Gasteiger charge is 2.40. The number of hydrogen-bond acceptors (Lipinski definition) is 5. The van der Waals surface area contributed by atoms with Crippen molar-refractivity contribution in [3.05, 3.63) is 0 Å². The van der Waals surface area contributed by atoms with Gasteiger partial charge < -0.3 is 20.1 Å². The fourth-order valence-electron chi connectivity index (χ4n) is 3.03. The van der Waals surface area contributed by atoms with E-state index in [9.17, 15) is 0 Å². The van der Waals surface area contributed by atoms with Crippen molar-refractivity contribution in [1.82, 2.24) is 15.5 Å². The summed E-state index contributed by atoms with van der Waals surface area (Å²) in [5.74, 6) is 3.33. The van der Waals surface area contributed by atoms with Crippen molar-refractivity contribution in [1.29, 1.82) is 0 Å². The zero-order valence-electron chi connectivity index (χ0n) is 14.3. The van der Waals surface area contributed by atoms with E-state index in [-0.39, 0.29) is 29.5 Å². The van der Waals surface area contributed by atoms with Gasteiger partial charge in [-0.15, -0.1) is 24.0 Å². The molecule has 0 bridgehead atoms. The van der Waals surface area contributed by atoms with Crippen molar-refractivity contribution >= 4 is 41.7 Å². The summed E-state index contributed by atoms with van der Waals surface area (Å²) in [5, 5.41) is 6.89. The van der Waals surface area contributed by atoms with Gasteiger partial charge >= 0.3 is 0 Å². The molecule has 0 radical (unpaired) electrons. The highest BCUT2D eigenvalue weighted by molar-refractivity contribution is 14.0. The van der Waals surface area contributed by atoms with E-state index in [0.717, 1.165) is 58.4 Å². The second-order valence-electron chi connectivity index (χ2n) is 5.83. The third kappa shape index (κ3) is 6.56. The SMILES string of the molecule is CN=C(NCCCOC)NCC1(N2CCOCC2)CCSC1.I. The van der Waals surface area contributed by atoms with Crippen LogP contribution < -0.4 is 10.6 Å². The van der Waals surface area contributed by atoms with Crippen LogP contribution in [0.3, 0.4) is 0 Å². The number of rotatable bonds is 7. The number of methoxy groups -OCH3 is 1. The quantitative estimate of drug-likeness (QED) is 0.257. The Hall–Kier alpha value is 0.230. The number of hydrogen-bond donors (Lipinski definition) is 2. The van der Waals surface area contributed by atoms with E-state index in [1.807, 2.05) is 7.05 Å². The lowest BCUT2D eigenvalue weighted by Gasteiger charge is -2.43. The zero-order valence-corrected chi connectivity index (χ0v) is 17.5. The third-order valence-corrected chi connectivity index (χ3v) is 5.62. The van der Waals surface area contributed by atoms with Crippen LogP contribution in [-0.2, 0) is 9.47 Å². The Bertz CT molecular complexity index is 348. The lowest BCUT2D eigenvalue weighted by Crippen LogP contribution is -2.60. The van der Waals surface area contributed by atoms with E-state index in [1.165, 1.54) is 17.9 Å². The molecule has 2 aliphatic heterocycles. The molecule has 0 aliphatic carbocycles. The van der Waals surface area contributed by atoms with Crippen LogP contribution in [0.25, 0.3) is 0 Å². The molecule has 0 saturated carbocycles. The van der Waals surface area contributed by atoms with Gasteiger partial charge in [-0.2, -0.15) is 11.8 Å². The number of ether oxygens (including phenoxy) is 2. The fraction of sp³-hybridized carbons (Fsp3) is 0.933. The van der Waals surface area contributed by atoms with Crippen LogP contribution in [0.5, 0.6) is 0 Å². The molecule has 2 heterocycles.